The Kier molecular flexibility index (Phi) is 5.00. The van der Waals surface area contributed by atoms with Crippen molar-refractivity contribution in [3.05, 3.63) is 54.7 Å². The molecule has 28 heavy (non-hydrogen) atoms. The summed E-state index contributed by atoms with van der Waals surface area (Å²) in [5.41, 5.74) is 0.963. The zero-order valence-corrected chi connectivity index (χ0v) is 16.2. The molecular weight excluding hydrogens is 354 g/mol. The van der Waals surface area contributed by atoms with Gasteiger partial charge in [-0.15, -0.1) is 0 Å². The Bertz CT molecular complexity index is 922. The largest absolute Gasteiger partial charge is 0.441 e. The van der Waals surface area contributed by atoms with Crippen molar-refractivity contribution in [1.29, 1.82) is 0 Å². The molecule has 0 atom stereocenters. The van der Waals surface area contributed by atoms with Gasteiger partial charge in [0.2, 0.25) is 5.89 Å². The number of oxazole rings is 1. The van der Waals surface area contributed by atoms with E-state index in [0.717, 1.165) is 30.1 Å². The summed E-state index contributed by atoms with van der Waals surface area (Å²) < 4.78 is 7.58. The predicted octanol–water partition coefficient (Wildman–Crippen LogP) is 3.38. The maximum Gasteiger partial charge on any atom is 0.252 e. The van der Waals surface area contributed by atoms with Crippen molar-refractivity contribution < 1.29 is 9.21 Å². The first-order chi connectivity index (χ1) is 13.6. The lowest BCUT2D eigenvalue weighted by Crippen LogP contribution is -2.52. The summed E-state index contributed by atoms with van der Waals surface area (Å²) in [6.45, 7) is 5.71. The highest BCUT2D eigenvalue weighted by Gasteiger charge is 2.42. The van der Waals surface area contributed by atoms with Gasteiger partial charge >= 0.3 is 0 Å². The molecule has 1 fully saturated rings. The molecule has 0 spiro atoms. The zero-order chi connectivity index (χ0) is 19.6. The van der Waals surface area contributed by atoms with E-state index in [1.807, 2.05) is 36.5 Å². The van der Waals surface area contributed by atoms with Crippen molar-refractivity contribution >= 4 is 11.6 Å². The molecule has 7 nitrogen and oxygen atoms in total. The third-order valence-electron chi connectivity index (χ3n) is 5.28. The van der Waals surface area contributed by atoms with Gasteiger partial charge < -0.3 is 15.1 Å². The van der Waals surface area contributed by atoms with Crippen molar-refractivity contribution in [1.82, 2.24) is 20.1 Å². The highest BCUT2D eigenvalue weighted by atomic mass is 16.4. The van der Waals surface area contributed by atoms with E-state index in [1.165, 1.54) is 0 Å². The Labute approximate surface area is 164 Å². The van der Waals surface area contributed by atoms with Gasteiger partial charge in [-0.05, 0) is 56.3 Å². The number of carbonyl (C=O) groups is 1. The number of amides is 1. The second kappa shape index (κ2) is 7.59. The molecule has 1 amide bonds. The molecule has 0 bridgehead atoms. The molecule has 0 aliphatic carbocycles. The summed E-state index contributed by atoms with van der Waals surface area (Å²) in [4.78, 5) is 17.5. The first-order valence-corrected chi connectivity index (χ1v) is 9.67. The van der Waals surface area contributed by atoms with Crippen molar-refractivity contribution in [2.45, 2.75) is 38.1 Å². The van der Waals surface area contributed by atoms with E-state index in [-0.39, 0.29) is 5.91 Å². The number of benzene rings is 1. The Balaban J connectivity index is 1.52. The first kappa shape index (κ1) is 18.4. The molecule has 2 aromatic heterocycles. The molecule has 1 aliphatic heterocycles. The van der Waals surface area contributed by atoms with Crippen LogP contribution in [-0.4, -0.2) is 33.8 Å². The van der Waals surface area contributed by atoms with E-state index in [9.17, 15) is 4.79 Å². The van der Waals surface area contributed by atoms with Crippen LogP contribution in [0, 0.1) is 0 Å². The number of hydrogen-bond donors (Lipinski definition) is 2. The van der Waals surface area contributed by atoms with Gasteiger partial charge in [0.15, 0.2) is 0 Å². The summed E-state index contributed by atoms with van der Waals surface area (Å²) in [5, 5.41) is 10.7. The molecule has 3 heterocycles. The Morgan fingerprint density at radius 1 is 1.25 bits per heavy atom. The summed E-state index contributed by atoms with van der Waals surface area (Å²) in [7, 11) is 0. The Hall–Kier alpha value is -2.93. The number of rotatable bonds is 5. The van der Waals surface area contributed by atoms with Crippen LogP contribution in [-0.2, 0) is 10.3 Å². The number of aromatic nitrogens is 3. The van der Waals surface area contributed by atoms with Crippen molar-refractivity contribution in [2.24, 2.45) is 0 Å². The maximum atomic E-state index is 13.2. The SMILES string of the molecule is CC(C)c1cnc(-c2ccc(NC(=O)C3(n4cccn4)CCNCC3)cc2)o1. The van der Waals surface area contributed by atoms with Gasteiger partial charge in [-0.2, -0.15) is 5.10 Å². The average Bonchev–Trinajstić information content (AvgIpc) is 3.41. The van der Waals surface area contributed by atoms with E-state index in [2.05, 4.69) is 34.6 Å². The number of piperidine rings is 1. The molecule has 0 saturated carbocycles. The van der Waals surface area contributed by atoms with Gasteiger partial charge in [-0.1, -0.05) is 13.8 Å². The van der Waals surface area contributed by atoms with E-state index in [0.29, 0.717) is 24.7 Å². The van der Waals surface area contributed by atoms with Crippen LogP contribution in [0.3, 0.4) is 0 Å². The lowest BCUT2D eigenvalue weighted by molar-refractivity contribution is -0.126. The van der Waals surface area contributed by atoms with Crippen LogP contribution in [0.4, 0.5) is 5.69 Å². The smallest absolute Gasteiger partial charge is 0.252 e. The lowest BCUT2D eigenvalue weighted by atomic mass is 9.87. The van der Waals surface area contributed by atoms with Crippen LogP contribution >= 0.6 is 0 Å². The minimum Gasteiger partial charge on any atom is -0.441 e. The van der Waals surface area contributed by atoms with E-state index >= 15 is 0 Å². The lowest BCUT2D eigenvalue weighted by Gasteiger charge is -2.36. The van der Waals surface area contributed by atoms with Crippen LogP contribution in [0.1, 0.15) is 38.4 Å². The van der Waals surface area contributed by atoms with Crippen molar-refractivity contribution in [2.75, 3.05) is 18.4 Å². The minimum absolute atomic E-state index is 0.0383. The van der Waals surface area contributed by atoms with Gasteiger partial charge in [0.05, 0.1) is 6.20 Å². The third-order valence-corrected chi connectivity index (χ3v) is 5.28. The minimum atomic E-state index is -0.665. The zero-order valence-electron chi connectivity index (χ0n) is 16.2. The molecule has 2 N–H and O–H groups in total. The normalized spacial score (nSPS) is 16.2. The third kappa shape index (κ3) is 3.45. The summed E-state index contributed by atoms with van der Waals surface area (Å²) in [6, 6.07) is 9.44. The maximum absolute atomic E-state index is 13.2. The summed E-state index contributed by atoms with van der Waals surface area (Å²) in [5.74, 6) is 1.71. The monoisotopic (exact) mass is 379 g/mol. The number of anilines is 1. The second-order valence-corrected chi connectivity index (χ2v) is 7.49. The Morgan fingerprint density at radius 2 is 2.00 bits per heavy atom. The Morgan fingerprint density at radius 3 is 2.61 bits per heavy atom. The van der Waals surface area contributed by atoms with Gasteiger partial charge in [0.1, 0.15) is 11.3 Å². The average molecular weight is 379 g/mol. The number of hydrogen-bond acceptors (Lipinski definition) is 5. The molecular formula is C21H25N5O2. The van der Waals surface area contributed by atoms with E-state index < -0.39 is 5.54 Å². The highest BCUT2D eigenvalue weighted by Crippen LogP contribution is 2.29. The first-order valence-electron chi connectivity index (χ1n) is 9.67. The predicted molar refractivity (Wildman–Crippen MR) is 107 cm³/mol. The molecule has 1 aromatic carbocycles. The van der Waals surface area contributed by atoms with Crippen LogP contribution in [0.5, 0.6) is 0 Å². The molecule has 4 rings (SSSR count). The molecule has 3 aromatic rings. The fourth-order valence-corrected chi connectivity index (χ4v) is 3.55. The summed E-state index contributed by atoms with van der Waals surface area (Å²) in [6.07, 6.45) is 6.75. The summed E-state index contributed by atoms with van der Waals surface area (Å²) >= 11 is 0. The molecule has 0 unspecified atom stereocenters. The molecule has 1 aliphatic rings. The van der Waals surface area contributed by atoms with Crippen LogP contribution < -0.4 is 10.6 Å². The van der Waals surface area contributed by atoms with E-state index in [1.54, 1.807) is 17.1 Å². The van der Waals surface area contributed by atoms with Gasteiger partial charge in [-0.3, -0.25) is 9.48 Å². The molecule has 7 heteroatoms. The van der Waals surface area contributed by atoms with E-state index in [4.69, 9.17) is 4.42 Å². The van der Waals surface area contributed by atoms with Crippen LogP contribution in [0.25, 0.3) is 11.5 Å². The number of carbonyl (C=O) groups excluding carboxylic acids is 1. The highest BCUT2D eigenvalue weighted by molar-refractivity contribution is 5.96. The van der Waals surface area contributed by atoms with Crippen LogP contribution in [0.15, 0.2) is 53.3 Å². The number of nitrogens with zero attached hydrogens (tertiary/aromatic N) is 3. The molecule has 146 valence electrons. The van der Waals surface area contributed by atoms with Crippen LogP contribution in [0.2, 0.25) is 0 Å². The van der Waals surface area contributed by atoms with Crippen molar-refractivity contribution in [3.63, 3.8) is 0 Å². The molecule has 1 saturated heterocycles. The second-order valence-electron chi connectivity index (χ2n) is 7.49. The van der Waals surface area contributed by atoms with Gasteiger partial charge in [0, 0.05) is 29.6 Å². The standard InChI is InChI=1S/C21H25N5O2/c1-15(2)18-14-23-19(28-18)16-4-6-17(7-5-16)25-20(27)21(8-11-22-12-9-21)26-13-3-10-24-26/h3-7,10,13-15,22H,8-9,11-12H2,1-2H3,(H,25,27). The fraction of sp³-hybridized carbons (Fsp3) is 0.381. The van der Waals surface area contributed by atoms with Crippen molar-refractivity contribution in [3.8, 4) is 11.5 Å². The number of nitrogens with one attached hydrogen (secondary N) is 2. The quantitative estimate of drug-likeness (QED) is 0.710. The molecule has 0 radical (unpaired) electrons. The van der Waals surface area contributed by atoms with Gasteiger partial charge in [0.25, 0.3) is 5.91 Å². The topological polar surface area (TPSA) is 85.0 Å². The fourth-order valence-electron chi connectivity index (χ4n) is 3.55. The van der Waals surface area contributed by atoms with Gasteiger partial charge in [-0.25, -0.2) is 4.98 Å².